The van der Waals surface area contributed by atoms with Crippen molar-refractivity contribution in [1.29, 1.82) is 0 Å². The Labute approximate surface area is 102 Å². The lowest BCUT2D eigenvalue weighted by molar-refractivity contribution is 0.0475. The summed E-state index contributed by atoms with van der Waals surface area (Å²) in [5.74, 6) is 0. The number of fused-ring (bicyclic) bond motifs is 2. The van der Waals surface area contributed by atoms with Crippen molar-refractivity contribution in [2.24, 2.45) is 0 Å². The molecule has 2 aliphatic heterocycles. The van der Waals surface area contributed by atoms with Crippen LogP contribution in [0.25, 0.3) is 0 Å². The van der Waals surface area contributed by atoms with E-state index in [-0.39, 0.29) is 0 Å². The first-order valence-corrected chi connectivity index (χ1v) is 6.12. The van der Waals surface area contributed by atoms with Crippen LogP contribution in [0.1, 0.15) is 5.56 Å². The molecule has 3 rings (SSSR count). The second-order valence-electron chi connectivity index (χ2n) is 5.23. The van der Waals surface area contributed by atoms with Crippen molar-refractivity contribution >= 4 is 5.69 Å². The minimum absolute atomic E-state index is 0.348. The van der Waals surface area contributed by atoms with Gasteiger partial charge in [0.1, 0.15) is 0 Å². The van der Waals surface area contributed by atoms with Crippen LogP contribution in [0.2, 0.25) is 0 Å². The van der Waals surface area contributed by atoms with E-state index < -0.39 is 0 Å². The zero-order valence-corrected chi connectivity index (χ0v) is 10.5. The SMILES string of the molecule is COCCN1CC2(C1)CN(C)c1cnccc12. The summed E-state index contributed by atoms with van der Waals surface area (Å²) in [7, 11) is 3.92. The molecule has 0 unspecified atom stereocenters. The molecule has 0 N–H and O–H groups in total. The molecule has 17 heavy (non-hydrogen) atoms. The molecule has 1 aromatic heterocycles. The quantitative estimate of drug-likeness (QED) is 0.769. The van der Waals surface area contributed by atoms with Crippen molar-refractivity contribution in [3.8, 4) is 0 Å². The fourth-order valence-corrected chi connectivity index (χ4v) is 3.22. The number of ether oxygens (including phenoxy) is 1. The third kappa shape index (κ3) is 1.63. The second kappa shape index (κ2) is 3.96. The molecule has 3 heterocycles. The summed E-state index contributed by atoms with van der Waals surface area (Å²) in [5.41, 5.74) is 3.13. The monoisotopic (exact) mass is 233 g/mol. The number of pyridine rings is 1. The molecular formula is C13H19N3O. The number of hydrogen-bond donors (Lipinski definition) is 0. The van der Waals surface area contributed by atoms with Crippen molar-refractivity contribution in [1.82, 2.24) is 9.88 Å². The van der Waals surface area contributed by atoms with E-state index in [2.05, 4.69) is 27.9 Å². The van der Waals surface area contributed by atoms with Crippen LogP contribution >= 0.6 is 0 Å². The van der Waals surface area contributed by atoms with E-state index in [1.165, 1.54) is 11.3 Å². The lowest BCUT2D eigenvalue weighted by Gasteiger charge is -2.48. The van der Waals surface area contributed by atoms with E-state index in [1.54, 1.807) is 7.11 Å². The molecule has 4 heteroatoms. The number of hydrogen-bond acceptors (Lipinski definition) is 4. The Morgan fingerprint density at radius 2 is 2.24 bits per heavy atom. The highest BCUT2D eigenvalue weighted by Gasteiger charge is 2.49. The summed E-state index contributed by atoms with van der Waals surface area (Å²) >= 11 is 0. The third-order valence-corrected chi connectivity index (χ3v) is 3.99. The van der Waals surface area contributed by atoms with Crippen LogP contribution in [0.15, 0.2) is 18.5 Å². The van der Waals surface area contributed by atoms with Crippen molar-refractivity contribution in [2.45, 2.75) is 5.41 Å². The van der Waals surface area contributed by atoms with Crippen molar-refractivity contribution in [3.05, 3.63) is 24.0 Å². The molecule has 1 spiro atoms. The molecule has 0 amide bonds. The average Bonchev–Trinajstić information content (AvgIpc) is 2.60. The van der Waals surface area contributed by atoms with Crippen molar-refractivity contribution < 1.29 is 4.74 Å². The van der Waals surface area contributed by atoms with Crippen LogP contribution in [-0.4, -0.2) is 56.8 Å². The summed E-state index contributed by atoms with van der Waals surface area (Å²) in [4.78, 5) is 9.02. The first kappa shape index (κ1) is 11.0. The zero-order chi connectivity index (χ0) is 11.9. The lowest BCUT2D eigenvalue weighted by atomic mass is 9.75. The number of nitrogens with zero attached hydrogens (tertiary/aromatic N) is 3. The fourth-order valence-electron chi connectivity index (χ4n) is 3.22. The lowest BCUT2D eigenvalue weighted by Crippen LogP contribution is -2.61. The van der Waals surface area contributed by atoms with Gasteiger partial charge in [-0.2, -0.15) is 0 Å². The largest absolute Gasteiger partial charge is 0.383 e. The summed E-state index contributed by atoms with van der Waals surface area (Å²) in [6, 6.07) is 2.19. The first-order valence-electron chi connectivity index (χ1n) is 6.12. The predicted octanol–water partition coefficient (Wildman–Crippen LogP) is 0.731. The van der Waals surface area contributed by atoms with Gasteiger partial charge < -0.3 is 9.64 Å². The highest BCUT2D eigenvalue weighted by molar-refractivity contribution is 5.62. The molecule has 2 aliphatic rings. The summed E-state index contributed by atoms with van der Waals surface area (Å²) in [5, 5.41) is 0. The topological polar surface area (TPSA) is 28.6 Å². The summed E-state index contributed by atoms with van der Waals surface area (Å²) in [6.45, 7) is 5.30. The minimum atomic E-state index is 0.348. The van der Waals surface area contributed by atoms with Gasteiger partial charge in [-0.1, -0.05) is 0 Å². The highest BCUT2D eigenvalue weighted by Crippen LogP contribution is 2.44. The number of aromatic nitrogens is 1. The standard InChI is InChI=1S/C13H19N3O/c1-15-8-13(9-16(10-13)5-6-17-2)11-3-4-14-7-12(11)15/h3-4,7H,5-6,8-10H2,1-2H3. The number of anilines is 1. The van der Waals surface area contributed by atoms with Crippen LogP contribution in [-0.2, 0) is 10.2 Å². The van der Waals surface area contributed by atoms with Gasteiger partial charge in [-0.25, -0.2) is 0 Å². The highest BCUT2D eigenvalue weighted by atomic mass is 16.5. The average molecular weight is 233 g/mol. The number of methoxy groups -OCH3 is 1. The summed E-state index contributed by atoms with van der Waals surface area (Å²) < 4.78 is 5.13. The van der Waals surface area contributed by atoms with E-state index in [9.17, 15) is 0 Å². The Balaban J connectivity index is 1.75. The number of likely N-dealkylation sites (tertiary alicyclic amines) is 1. The number of rotatable bonds is 3. The molecule has 0 aromatic carbocycles. The van der Waals surface area contributed by atoms with Gasteiger partial charge in [-0.05, 0) is 11.6 Å². The van der Waals surface area contributed by atoms with Gasteiger partial charge in [0, 0.05) is 51.9 Å². The minimum Gasteiger partial charge on any atom is -0.383 e. The maximum atomic E-state index is 5.13. The molecule has 0 atom stereocenters. The predicted molar refractivity (Wildman–Crippen MR) is 67.5 cm³/mol. The van der Waals surface area contributed by atoms with E-state index >= 15 is 0 Å². The fraction of sp³-hybridized carbons (Fsp3) is 0.615. The molecule has 1 aromatic rings. The molecule has 92 valence electrons. The maximum Gasteiger partial charge on any atom is 0.0590 e. The Kier molecular flexibility index (Phi) is 2.56. The van der Waals surface area contributed by atoms with Gasteiger partial charge in [-0.15, -0.1) is 0 Å². The Morgan fingerprint density at radius 1 is 1.41 bits per heavy atom. The summed E-state index contributed by atoms with van der Waals surface area (Å²) in [6.07, 6.45) is 3.90. The second-order valence-corrected chi connectivity index (χ2v) is 5.23. The van der Waals surface area contributed by atoms with E-state index in [4.69, 9.17) is 4.74 Å². The zero-order valence-electron chi connectivity index (χ0n) is 10.5. The van der Waals surface area contributed by atoms with Gasteiger partial charge in [0.15, 0.2) is 0 Å². The van der Waals surface area contributed by atoms with E-state index in [1.807, 2.05) is 12.4 Å². The van der Waals surface area contributed by atoms with Gasteiger partial charge in [-0.3, -0.25) is 9.88 Å². The van der Waals surface area contributed by atoms with Gasteiger partial charge >= 0.3 is 0 Å². The third-order valence-electron chi connectivity index (χ3n) is 3.99. The molecule has 1 fully saturated rings. The van der Waals surface area contributed by atoms with Crippen LogP contribution < -0.4 is 4.90 Å². The van der Waals surface area contributed by atoms with Crippen LogP contribution in [0, 0.1) is 0 Å². The molecule has 0 radical (unpaired) electrons. The van der Waals surface area contributed by atoms with E-state index in [0.29, 0.717) is 5.41 Å². The van der Waals surface area contributed by atoms with Gasteiger partial charge in [0.25, 0.3) is 0 Å². The van der Waals surface area contributed by atoms with Crippen LogP contribution in [0.3, 0.4) is 0 Å². The molecule has 0 aliphatic carbocycles. The van der Waals surface area contributed by atoms with Crippen LogP contribution in [0.4, 0.5) is 5.69 Å². The normalized spacial score (nSPS) is 21.6. The number of likely N-dealkylation sites (N-methyl/N-ethyl adjacent to an activating group) is 1. The van der Waals surface area contributed by atoms with Crippen molar-refractivity contribution in [2.75, 3.05) is 51.8 Å². The molecular weight excluding hydrogens is 214 g/mol. The molecule has 1 saturated heterocycles. The Hall–Kier alpha value is -1.13. The maximum absolute atomic E-state index is 5.13. The Morgan fingerprint density at radius 3 is 3.00 bits per heavy atom. The van der Waals surface area contributed by atoms with Crippen LogP contribution in [0.5, 0.6) is 0 Å². The van der Waals surface area contributed by atoms with E-state index in [0.717, 1.165) is 32.8 Å². The van der Waals surface area contributed by atoms with Crippen molar-refractivity contribution in [3.63, 3.8) is 0 Å². The molecule has 0 saturated carbocycles. The van der Waals surface area contributed by atoms with Gasteiger partial charge in [0.2, 0.25) is 0 Å². The molecule has 0 bridgehead atoms. The smallest absolute Gasteiger partial charge is 0.0590 e. The van der Waals surface area contributed by atoms with Gasteiger partial charge in [0.05, 0.1) is 18.5 Å². The Bertz CT molecular complexity index is 415. The first-order chi connectivity index (χ1) is 8.25. The molecule has 4 nitrogen and oxygen atoms in total.